The number of hydrogen-bond acceptors (Lipinski definition) is 3. The molecular weight excluding hydrogens is 268 g/mol. The SMILES string of the molecule is O=C1CC(=O)Nc2cc(C(=O)C3CCCCC3)ccc2N1. The van der Waals surface area contributed by atoms with Gasteiger partial charge >= 0.3 is 0 Å². The van der Waals surface area contributed by atoms with E-state index in [2.05, 4.69) is 10.6 Å². The molecule has 1 aliphatic heterocycles. The first-order valence-corrected chi connectivity index (χ1v) is 7.41. The Kier molecular flexibility index (Phi) is 3.73. The fraction of sp³-hybridized carbons (Fsp3) is 0.438. The number of anilines is 2. The molecule has 1 aliphatic carbocycles. The Bertz CT molecular complexity index is 604. The summed E-state index contributed by atoms with van der Waals surface area (Å²) >= 11 is 0. The van der Waals surface area contributed by atoms with Crippen LogP contribution >= 0.6 is 0 Å². The Labute approximate surface area is 123 Å². The van der Waals surface area contributed by atoms with Crippen molar-refractivity contribution in [3.05, 3.63) is 23.8 Å². The molecule has 5 heteroatoms. The average Bonchev–Trinajstić information content (AvgIpc) is 2.63. The lowest BCUT2D eigenvalue weighted by Gasteiger charge is -2.20. The van der Waals surface area contributed by atoms with Gasteiger partial charge in [0.1, 0.15) is 6.42 Å². The van der Waals surface area contributed by atoms with E-state index >= 15 is 0 Å². The van der Waals surface area contributed by atoms with Crippen molar-refractivity contribution in [3.8, 4) is 0 Å². The summed E-state index contributed by atoms with van der Waals surface area (Å²) in [6, 6.07) is 5.10. The standard InChI is InChI=1S/C16H18N2O3/c19-14-9-15(20)18-13-8-11(6-7-12(13)17-14)16(21)10-4-2-1-3-5-10/h6-8,10H,1-5,9H2,(H,17,19)(H,18,20). The summed E-state index contributed by atoms with van der Waals surface area (Å²) < 4.78 is 0. The molecule has 1 saturated carbocycles. The van der Waals surface area contributed by atoms with Crippen molar-refractivity contribution in [2.45, 2.75) is 38.5 Å². The molecule has 110 valence electrons. The van der Waals surface area contributed by atoms with Gasteiger partial charge in [0.2, 0.25) is 11.8 Å². The molecule has 0 aromatic heterocycles. The second-order valence-corrected chi connectivity index (χ2v) is 5.73. The number of carbonyl (C=O) groups excluding carboxylic acids is 3. The number of carbonyl (C=O) groups is 3. The highest BCUT2D eigenvalue weighted by Gasteiger charge is 2.24. The molecule has 5 nitrogen and oxygen atoms in total. The molecule has 0 atom stereocenters. The van der Waals surface area contributed by atoms with Gasteiger partial charge in [-0.2, -0.15) is 0 Å². The molecule has 1 fully saturated rings. The Morgan fingerprint density at radius 3 is 2.33 bits per heavy atom. The number of rotatable bonds is 2. The predicted molar refractivity (Wildman–Crippen MR) is 79.2 cm³/mol. The quantitative estimate of drug-likeness (QED) is 0.648. The second kappa shape index (κ2) is 5.68. The molecule has 0 bridgehead atoms. The number of hydrogen-bond donors (Lipinski definition) is 2. The van der Waals surface area contributed by atoms with Gasteiger partial charge < -0.3 is 10.6 Å². The molecule has 1 heterocycles. The van der Waals surface area contributed by atoms with Gasteiger partial charge in [-0.1, -0.05) is 19.3 Å². The zero-order valence-corrected chi connectivity index (χ0v) is 11.8. The third-order valence-electron chi connectivity index (χ3n) is 4.15. The smallest absolute Gasteiger partial charge is 0.233 e. The van der Waals surface area contributed by atoms with Crippen molar-refractivity contribution in [2.75, 3.05) is 10.6 Å². The van der Waals surface area contributed by atoms with Gasteiger partial charge in [0.15, 0.2) is 5.78 Å². The van der Waals surface area contributed by atoms with Crippen LogP contribution in [0, 0.1) is 5.92 Å². The largest absolute Gasteiger partial charge is 0.324 e. The van der Waals surface area contributed by atoms with Gasteiger partial charge in [0.25, 0.3) is 0 Å². The van der Waals surface area contributed by atoms with E-state index in [4.69, 9.17) is 0 Å². The minimum absolute atomic E-state index is 0.0906. The molecule has 21 heavy (non-hydrogen) atoms. The fourth-order valence-electron chi connectivity index (χ4n) is 3.05. The zero-order valence-electron chi connectivity index (χ0n) is 11.8. The molecule has 2 amide bonds. The van der Waals surface area contributed by atoms with Crippen molar-refractivity contribution in [1.29, 1.82) is 0 Å². The minimum atomic E-state index is -0.353. The lowest BCUT2D eigenvalue weighted by Crippen LogP contribution is -2.18. The zero-order chi connectivity index (χ0) is 14.8. The fourth-order valence-corrected chi connectivity index (χ4v) is 3.05. The van der Waals surface area contributed by atoms with Gasteiger partial charge in [-0.15, -0.1) is 0 Å². The van der Waals surface area contributed by atoms with Gasteiger partial charge in [-0.25, -0.2) is 0 Å². The van der Waals surface area contributed by atoms with Crippen LogP contribution in [0.5, 0.6) is 0 Å². The van der Waals surface area contributed by atoms with E-state index in [9.17, 15) is 14.4 Å². The lowest BCUT2D eigenvalue weighted by atomic mass is 9.84. The van der Waals surface area contributed by atoms with Crippen LogP contribution in [0.2, 0.25) is 0 Å². The summed E-state index contributed by atoms with van der Waals surface area (Å²) in [5, 5.41) is 5.34. The van der Waals surface area contributed by atoms with E-state index in [1.54, 1.807) is 18.2 Å². The highest BCUT2D eigenvalue weighted by Crippen LogP contribution is 2.30. The maximum absolute atomic E-state index is 12.5. The van der Waals surface area contributed by atoms with Crippen LogP contribution < -0.4 is 10.6 Å². The number of fused-ring (bicyclic) bond motifs is 1. The highest BCUT2D eigenvalue weighted by atomic mass is 16.2. The summed E-state index contributed by atoms with van der Waals surface area (Å²) in [5.74, 6) is -0.457. The topological polar surface area (TPSA) is 75.3 Å². The van der Waals surface area contributed by atoms with Crippen LogP contribution in [0.1, 0.15) is 48.9 Å². The van der Waals surface area contributed by atoms with Crippen molar-refractivity contribution in [2.24, 2.45) is 5.92 Å². The first-order chi connectivity index (χ1) is 10.1. The van der Waals surface area contributed by atoms with Crippen molar-refractivity contribution >= 4 is 29.0 Å². The van der Waals surface area contributed by atoms with Crippen LogP contribution in [-0.2, 0) is 9.59 Å². The number of ketones is 1. The minimum Gasteiger partial charge on any atom is -0.324 e. The molecule has 0 radical (unpaired) electrons. The van der Waals surface area contributed by atoms with Crippen LogP contribution in [0.4, 0.5) is 11.4 Å². The van der Waals surface area contributed by atoms with Gasteiger partial charge in [0.05, 0.1) is 11.4 Å². The summed E-state index contributed by atoms with van der Waals surface area (Å²) in [4.78, 5) is 35.6. The predicted octanol–water partition coefficient (Wildman–Crippen LogP) is 2.73. The summed E-state index contributed by atoms with van der Waals surface area (Å²) in [7, 11) is 0. The molecule has 0 unspecified atom stereocenters. The van der Waals surface area contributed by atoms with Crippen LogP contribution in [0.25, 0.3) is 0 Å². The molecule has 0 saturated heterocycles. The van der Waals surface area contributed by atoms with E-state index in [0.717, 1.165) is 25.7 Å². The first kappa shape index (κ1) is 13.8. The van der Waals surface area contributed by atoms with Gasteiger partial charge in [-0.05, 0) is 31.0 Å². The number of nitrogens with one attached hydrogen (secondary N) is 2. The molecule has 3 rings (SSSR count). The van der Waals surface area contributed by atoms with E-state index in [1.165, 1.54) is 6.42 Å². The van der Waals surface area contributed by atoms with E-state index in [0.29, 0.717) is 16.9 Å². The molecule has 0 spiro atoms. The Morgan fingerprint density at radius 2 is 1.62 bits per heavy atom. The monoisotopic (exact) mass is 286 g/mol. The molecular formula is C16H18N2O3. The first-order valence-electron chi connectivity index (χ1n) is 7.41. The third-order valence-corrected chi connectivity index (χ3v) is 4.15. The Balaban J connectivity index is 1.86. The maximum atomic E-state index is 12.5. The van der Waals surface area contributed by atoms with E-state index < -0.39 is 0 Å². The van der Waals surface area contributed by atoms with Crippen LogP contribution in [0.3, 0.4) is 0 Å². The summed E-state index contributed by atoms with van der Waals surface area (Å²) in [6.07, 6.45) is 5.11. The summed E-state index contributed by atoms with van der Waals surface area (Å²) in [6.45, 7) is 0. The van der Waals surface area contributed by atoms with Gasteiger partial charge in [0, 0.05) is 11.5 Å². The normalized spacial score (nSPS) is 19.2. The maximum Gasteiger partial charge on any atom is 0.233 e. The van der Waals surface area contributed by atoms with Crippen molar-refractivity contribution < 1.29 is 14.4 Å². The van der Waals surface area contributed by atoms with E-state index in [1.807, 2.05) is 0 Å². The second-order valence-electron chi connectivity index (χ2n) is 5.73. The number of Topliss-reactive ketones (excluding diaryl/α,β-unsaturated/α-hetero) is 1. The van der Waals surface area contributed by atoms with Crippen LogP contribution in [-0.4, -0.2) is 17.6 Å². The van der Waals surface area contributed by atoms with E-state index in [-0.39, 0.29) is 29.9 Å². The Morgan fingerprint density at radius 1 is 0.952 bits per heavy atom. The van der Waals surface area contributed by atoms with Crippen molar-refractivity contribution in [1.82, 2.24) is 0 Å². The lowest BCUT2D eigenvalue weighted by molar-refractivity contribution is -0.123. The molecule has 1 aromatic rings. The van der Waals surface area contributed by atoms with Crippen LogP contribution in [0.15, 0.2) is 18.2 Å². The Hall–Kier alpha value is -2.17. The molecule has 2 N–H and O–H groups in total. The highest BCUT2D eigenvalue weighted by molar-refractivity contribution is 6.14. The molecule has 2 aliphatic rings. The number of amides is 2. The average molecular weight is 286 g/mol. The van der Waals surface area contributed by atoms with Gasteiger partial charge in [-0.3, -0.25) is 14.4 Å². The molecule has 1 aromatic carbocycles. The third kappa shape index (κ3) is 2.96. The summed E-state index contributed by atoms with van der Waals surface area (Å²) in [5.41, 5.74) is 1.66. The van der Waals surface area contributed by atoms with Crippen molar-refractivity contribution in [3.63, 3.8) is 0 Å². The number of benzene rings is 1.